The van der Waals surface area contributed by atoms with E-state index in [1.165, 1.54) is 0 Å². The van der Waals surface area contributed by atoms with Gasteiger partial charge in [0.1, 0.15) is 0 Å². The Bertz CT molecular complexity index is 150. The molecule has 50 valence electrons. The van der Waals surface area contributed by atoms with Crippen LogP contribution in [0.5, 0.6) is 0 Å². The number of hydrogen-bond donors (Lipinski definition) is 1. The van der Waals surface area contributed by atoms with Crippen LogP contribution in [-0.2, 0) is 9.53 Å². The Morgan fingerprint density at radius 2 is 2.33 bits per heavy atom. The lowest BCUT2D eigenvalue weighted by molar-refractivity contribution is -0.147. The normalized spacial score (nSPS) is 33.0. The van der Waals surface area contributed by atoms with Crippen molar-refractivity contribution in [2.45, 2.75) is 19.1 Å². The molecule has 3 heteroatoms. The van der Waals surface area contributed by atoms with Crippen molar-refractivity contribution in [3.8, 4) is 0 Å². The topological polar surface area (TPSA) is 46.5 Å². The molecule has 1 rings (SSSR count). The van der Waals surface area contributed by atoms with Crippen molar-refractivity contribution in [1.29, 1.82) is 0 Å². The molecule has 1 aliphatic heterocycles. The smallest absolute Gasteiger partial charge is 0.336 e. The first kappa shape index (κ1) is 6.29. The van der Waals surface area contributed by atoms with Crippen molar-refractivity contribution < 1.29 is 14.6 Å². The van der Waals surface area contributed by atoms with Gasteiger partial charge in [0, 0.05) is 0 Å². The molecule has 0 radical (unpaired) electrons. The van der Waals surface area contributed by atoms with Crippen LogP contribution in [0.2, 0.25) is 0 Å². The van der Waals surface area contributed by atoms with Crippen molar-refractivity contribution in [3.05, 3.63) is 12.2 Å². The summed E-state index contributed by atoms with van der Waals surface area (Å²) in [4.78, 5) is 10.2. The molecule has 0 fully saturated rings. The van der Waals surface area contributed by atoms with Gasteiger partial charge in [0.2, 0.25) is 0 Å². The van der Waals surface area contributed by atoms with Crippen LogP contribution >= 0.6 is 0 Å². The average molecular weight is 128 g/mol. The van der Waals surface area contributed by atoms with Crippen LogP contribution in [0.4, 0.5) is 0 Å². The summed E-state index contributed by atoms with van der Waals surface area (Å²) in [7, 11) is 0. The molecule has 0 aliphatic carbocycles. The molecule has 0 aromatic heterocycles. The Morgan fingerprint density at radius 3 is 2.56 bits per heavy atom. The molecule has 0 saturated heterocycles. The number of aliphatic carboxylic acids is 1. The second kappa shape index (κ2) is 2.19. The monoisotopic (exact) mass is 128 g/mol. The minimum absolute atomic E-state index is 0.0499. The van der Waals surface area contributed by atoms with E-state index in [1.807, 2.05) is 0 Å². The standard InChI is InChI=1S/C6H8O3/c1-4-2-3-5(9-4)6(7)8/h2-5H,1H3,(H,7,8)/t4-,5+/m0/s1. The predicted octanol–water partition coefficient (Wildman–Crippen LogP) is 0.414. The zero-order chi connectivity index (χ0) is 6.85. The van der Waals surface area contributed by atoms with Crippen LogP contribution in [0, 0.1) is 0 Å². The molecule has 0 saturated carbocycles. The first-order chi connectivity index (χ1) is 4.20. The maximum Gasteiger partial charge on any atom is 0.336 e. The zero-order valence-electron chi connectivity index (χ0n) is 5.07. The summed E-state index contributed by atoms with van der Waals surface area (Å²) >= 11 is 0. The fraction of sp³-hybridized carbons (Fsp3) is 0.500. The summed E-state index contributed by atoms with van der Waals surface area (Å²) in [5, 5.41) is 8.35. The molecule has 0 unspecified atom stereocenters. The van der Waals surface area contributed by atoms with Crippen molar-refractivity contribution in [2.24, 2.45) is 0 Å². The lowest BCUT2D eigenvalue weighted by atomic mass is 10.3. The number of carboxylic acid groups (broad SMARTS) is 1. The highest BCUT2D eigenvalue weighted by atomic mass is 16.5. The van der Waals surface area contributed by atoms with Crippen LogP contribution in [0.1, 0.15) is 6.92 Å². The number of ether oxygens (including phenoxy) is 1. The van der Waals surface area contributed by atoms with Gasteiger partial charge in [0.25, 0.3) is 0 Å². The van der Waals surface area contributed by atoms with E-state index in [-0.39, 0.29) is 6.10 Å². The van der Waals surface area contributed by atoms with Gasteiger partial charge in [-0.05, 0) is 13.0 Å². The highest BCUT2D eigenvalue weighted by Gasteiger charge is 2.21. The molecule has 0 spiro atoms. The molecule has 2 atom stereocenters. The zero-order valence-corrected chi connectivity index (χ0v) is 5.07. The summed E-state index contributed by atoms with van der Waals surface area (Å²) in [6.07, 6.45) is 2.51. The fourth-order valence-corrected chi connectivity index (χ4v) is 0.720. The van der Waals surface area contributed by atoms with E-state index in [0.717, 1.165) is 0 Å². The summed E-state index contributed by atoms with van der Waals surface area (Å²) in [6.45, 7) is 1.81. The molecule has 1 N–H and O–H groups in total. The third-order valence-electron chi connectivity index (χ3n) is 1.16. The minimum atomic E-state index is -0.921. The quantitative estimate of drug-likeness (QED) is 0.520. The van der Waals surface area contributed by atoms with E-state index in [9.17, 15) is 4.79 Å². The Balaban J connectivity index is 2.50. The maximum atomic E-state index is 10.2. The third-order valence-corrected chi connectivity index (χ3v) is 1.16. The van der Waals surface area contributed by atoms with Gasteiger partial charge in [-0.1, -0.05) is 6.08 Å². The van der Waals surface area contributed by atoms with Gasteiger partial charge < -0.3 is 9.84 Å². The highest BCUT2D eigenvalue weighted by Crippen LogP contribution is 2.09. The summed E-state index contributed by atoms with van der Waals surface area (Å²) in [6, 6.07) is 0. The van der Waals surface area contributed by atoms with Crippen LogP contribution in [-0.4, -0.2) is 23.3 Å². The highest BCUT2D eigenvalue weighted by molar-refractivity contribution is 5.75. The van der Waals surface area contributed by atoms with E-state index >= 15 is 0 Å². The van der Waals surface area contributed by atoms with Gasteiger partial charge in [-0.3, -0.25) is 0 Å². The SMILES string of the molecule is C[C@H]1C=C[C@H](C(=O)O)O1. The van der Waals surface area contributed by atoms with E-state index in [4.69, 9.17) is 9.84 Å². The second-order valence-electron chi connectivity index (χ2n) is 1.98. The van der Waals surface area contributed by atoms with Gasteiger partial charge in [-0.15, -0.1) is 0 Å². The molecule has 0 bridgehead atoms. The summed E-state index contributed by atoms with van der Waals surface area (Å²) in [5.41, 5.74) is 0. The maximum absolute atomic E-state index is 10.2. The van der Waals surface area contributed by atoms with E-state index in [0.29, 0.717) is 0 Å². The molecule has 1 heterocycles. The Labute approximate surface area is 52.9 Å². The lowest BCUT2D eigenvalue weighted by Crippen LogP contribution is -2.19. The molecule has 0 aromatic carbocycles. The molecule has 1 aliphatic rings. The number of carbonyl (C=O) groups is 1. The molecule has 9 heavy (non-hydrogen) atoms. The van der Waals surface area contributed by atoms with Crippen LogP contribution in [0.3, 0.4) is 0 Å². The number of carboxylic acids is 1. The predicted molar refractivity (Wildman–Crippen MR) is 31.1 cm³/mol. The van der Waals surface area contributed by atoms with Gasteiger partial charge in [-0.25, -0.2) is 4.79 Å². The molecule has 0 aromatic rings. The van der Waals surface area contributed by atoms with Gasteiger partial charge >= 0.3 is 5.97 Å². The third kappa shape index (κ3) is 1.29. The first-order valence-corrected chi connectivity index (χ1v) is 2.77. The van der Waals surface area contributed by atoms with Crippen LogP contribution < -0.4 is 0 Å². The molecule has 0 amide bonds. The molecular weight excluding hydrogens is 120 g/mol. The van der Waals surface area contributed by atoms with E-state index in [2.05, 4.69) is 0 Å². The Hall–Kier alpha value is -0.830. The number of hydrogen-bond acceptors (Lipinski definition) is 2. The number of rotatable bonds is 1. The second-order valence-corrected chi connectivity index (χ2v) is 1.98. The summed E-state index contributed by atoms with van der Waals surface area (Å²) in [5.74, 6) is -0.921. The van der Waals surface area contributed by atoms with Crippen molar-refractivity contribution in [3.63, 3.8) is 0 Å². The van der Waals surface area contributed by atoms with Crippen molar-refractivity contribution >= 4 is 5.97 Å². The molecular formula is C6H8O3. The van der Waals surface area contributed by atoms with Gasteiger partial charge in [0.15, 0.2) is 6.10 Å². The summed E-state index contributed by atoms with van der Waals surface area (Å²) < 4.78 is 4.91. The van der Waals surface area contributed by atoms with Gasteiger partial charge in [0.05, 0.1) is 6.10 Å². The van der Waals surface area contributed by atoms with Crippen LogP contribution in [0.15, 0.2) is 12.2 Å². The van der Waals surface area contributed by atoms with Crippen molar-refractivity contribution in [2.75, 3.05) is 0 Å². The van der Waals surface area contributed by atoms with Gasteiger partial charge in [-0.2, -0.15) is 0 Å². The van der Waals surface area contributed by atoms with E-state index in [1.54, 1.807) is 19.1 Å². The van der Waals surface area contributed by atoms with Crippen molar-refractivity contribution in [1.82, 2.24) is 0 Å². The first-order valence-electron chi connectivity index (χ1n) is 2.77. The van der Waals surface area contributed by atoms with Crippen LogP contribution in [0.25, 0.3) is 0 Å². The molecule has 3 nitrogen and oxygen atoms in total. The van der Waals surface area contributed by atoms with E-state index < -0.39 is 12.1 Å². The average Bonchev–Trinajstić information content (AvgIpc) is 2.14. The lowest BCUT2D eigenvalue weighted by Gasteiger charge is -2.03. The Kier molecular flexibility index (Phi) is 1.53. The largest absolute Gasteiger partial charge is 0.479 e. The minimum Gasteiger partial charge on any atom is -0.479 e. The fourth-order valence-electron chi connectivity index (χ4n) is 0.720. The Morgan fingerprint density at radius 1 is 1.67 bits per heavy atom.